The fourth-order valence-electron chi connectivity index (χ4n) is 3.96. The lowest BCUT2D eigenvalue weighted by molar-refractivity contribution is 0.0588. The Balaban J connectivity index is 1.28. The zero-order valence-electron chi connectivity index (χ0n) is 16.4. The van der Waals surface area contributed by atoms with E-state index in [1.54, 1.807) is 0 Å². The van der Waals surface area contributed by atoms with Gasteiger partial charge < -0.3 is 9.64 Å². The molecular formula is C22H26N2O4S. The Bertz CT molecular complexity index is 937. The predicted molar refractivity (Wildman–Crippen MR) is 112 cm³/mol. The first-order chi connectivity index (χ1) is 14.0. The summed E-state index contributed by atoms with van der Waals surface area (Å²) >= 11 is 0. The number of para-hydroxylation sites is 1. The van der Waals surface area contributed by atoms with Gasteiger partial charge in [-0.25, -0.2) is 8.42 Å². The van der Waals surface area contributed by atoms with Crippen LogP contribution in [0.25, 0.3) is 0 Å². The van der Waals surface area contributed by atoms with Crippen molar-refractivity contribution < 1.29 is 17.9 Å². The van der Waals surface area contributed by atoms with Crippen LogP contribution in [0.3, 0.4) is 0 Å². The van der Waals surface area contributed by atoms with Crippen LogP contribution in [0.1, 0.15) is 22.3 Å². The van der Waals surface area contributed by atoms with Crippen LogP contribution in [-0.2, 0) is 16.4 Å². The number of sulfone groups is 1. The molecule has 6 nitrogen and oxygen atoms in total. The summed E-state index contributed by atoms with van der Waals surface area (Å²) in [5.74, 6) is 1.39. The maximum atomic E-state index is 12.8. The third-order valence-corrected chi connectivity index (χ3v) is 7.43. The van der Waals surface area contributed by atoms with Crippen LogP contribution in [0.5, 0.6) is 5.75 Å². The Kier molecular flexibility index (Phi) is 5.87. The molecule has 1 unspecified atom stereocenters. The highest BCUT2D eigenvalue weighted by atomic mass is 32.2. The van der Waals surface area contributed by atoms with Crippen LogP contribution in [0.4, 0.5) is 0 Å². The molecule has 2 aromatic carbocycles. The highest BCUT2D eigenvalue weighted by molar-refractivity contribution is 7.91. The molecular weight excluding hydrogens is 388 g/mol. The van der Waals surface area contributed by atoms with E-state index in [1.165, 1.54) is 0 Å². The van der Waals surface area contributed by atoms with Gasteiger partial charge in [0.25, 0.3) is 5.91 Å². The summed E-state index contributed by atoms with van der Waals surface area (Å²) in [6.07, 6.45) is 0.711. The van der Waals surface area contributed by atoms with E-state index in [9.17, 15) is 13.2 Å². The number of hydrogen-bond acceptors (Lipinski definition) is 5. The first-order valence-electron chi connectivity index (χ1n) is 10.0. The van der Waals surface area contributed by atoms with E-state index >= 15 is 0 Å². The lowest BCUT2D eigenvalue weighted by Crippen LogP contribution is -2.52. The molecule has 0 spiro atoms. The second-order valence-corrected chi connectivity index (χ2v) is 9.91. The first-order valence-corrected chi connectivity index (χ1v) is 11.8. The number of amides is 1. The minimum Gasteiger partial charge on any atom is -0.489 e. The van der Waals surface area contributed by atoms with Crippen molar-refractivity contribution in [1.82, 2.24) is 9.80 Å². The quantitative estimate of drug-likeness (QED) is 0.751. The molecule has 0 aliphatic carbocycles. The van der Waals surface area contributed by atoms with E-state index < -0.39 is 9.84 Å². The van der Waals surface area contributed by atoms with Crippen molar-refractivity contribution in [3.05, 3.63) is 65.7 Å². The van der Waals surface area contributed by atoms with Crippen molar-refractivity contribution in [2.45, 2.75) is 19.1 Å². The van der Waals surface area contributed by atoms with Crippen molar-refractivity contribution in [3.8, 4) is 5.75 Å². The molecule has 1 atom stereocenters. The fourth-order valence-corrected chi connectivity index (χ4v) is 5.72. The van der Waals surface area contributed by atoms with Gasteiger partial charge in [-0.1, -0.05) is 30.3 Å². The molecule has 0 N–H and O–H groups in total. The Hall–Kier alpha value is -2.38. The molecule has 29 heavy (non-hydrogen) atoms. The number of carbonyl (C=O) groups excluding carboxylic acids is 1. The summed E-state index contributed by atoms with van der Waals surface area (Å²) in [6, 6.07) is 17.3. The molecule has 0 bridgehead atoms. The van der Waals surface area contributed by atoms with Gasteiger partial charge in [-0.3, -0.25) is 9.69 Å². The third-order valence-electron chi connectivity index (χ3n) is 5.68. The summed E-state index contributed by atoms with van der Waals surface area (Å²) in [6.45, 7) is 3.19. The van der Waals surface area contributed by atoms with Gasteiger partial charge in [-0.05, 0) is 36.2 Å². The molecule has 2 aliphatic heterocycles. The average Bonchev–Trinajstić information content (AvgIpc) is 3.13. The van der Waals surface area contributed by atoms with Gasteiger partial charge in [0.1, 0.15) is 12.4 Å². The van der Waals surface area contributed by atoms with E-state index in [0.717, 1.165) is 24.4 Å². The molecule has 0 aromatic heterocycles. The fraction of sp³-hybridized carbons (Fsp3) is 0.409. The maximum Gasteiger partial charge on any atom is 0.253 e. The highest BCUT2D eigenvalue weighted by Crippen LogP contribution is 2.20. The first kappa shape index (κ1) is 19.9. The minimum atomic E-state index is -2.88. The Morgan fingerprint density at radius 2 is 1.66 bits per heavy atom. The number of rotatable bonds is 5. The van der Waals surface area contributed by atoms with Crippen molar-refractivity contribution >= 4 is 15.7 Å². The van der Waals surface area contributed by atoms with Gasteiger partial charge in [-0.15, -0.1) is 0 Å². The van der Waals surface area contributed by atoms with E-state index in [1.807, 2.05) is 59.5 Å². The normalized spacial score (nSPS) is 21.8. The second kappa shape index (κ2) is 8.55. The van der Waals surface area contributed by atoms with Gasteiger partial charge in [-0.2, -0.15) is 0 Å². The molecule has 4 rings (SSSR count). The van der Waals surface area contributed by atoms with Crippen LogP contribution in [0, 0.1) is 0 Å². The van der Waals surface area contributed by atoms with Gasteiger partial charge in [0.15, 0.2) is 9.84 Å². The van der Waals surface area contributed by atoms with Gasteiger partial charge in [0.2, 0.25) is 0 Å². The second-order valence-electron chi connectivity index (χ2n) is 7.68. The molecule has 2 heterocycles. The molecule has 0 radical (unpaired) electrons. The Morgan fingerprint density at radius 1 is 0.966 bits per heavy atom. The number of nitrogens with zero attached hydrogens (tertiary/aromatic N) is 2. The number of ether oxygens (including phenoxy) is 1. The SMILES string of the molecule is O=C(c1ccc(COc2ccccc2)cc1)N1CCN(C2CCS(=O)(=O)C2)CC1. The van der Waals surface area contributed by atoms with Crippen LogP contribution >= 0.6 is 0 Å². The van der Waals surface area contributed by atoms with Crippen LogP contribution in [0.2, 0.25) is 0 Å². The highest BCUT2D eigenvalue weighted by Gasteiger charge is 2.34. The van der Waals surface area contributed by atoms with Crippen molar-refractivity contribution in [2.75, 3.05) is 37.7 Å². The summed E-state index contributed by atoms with van der Waals surface area (Å²) in [7, 11) is -2.88. The monoisotopic (exact) mass is 414 g/mol. The Labute approximate surface area is 172 Å². The molecule has 2 aliphatic rings. The molecule has 154 valence electrons. The lowest BCUT2D eigenvalue weighted by atomic mass is 10.1. The van der Waals surface area contributed by atoms with E-state index in [4.69, 9.17) is 4.74 Å². The minimum absolute atomic E-state index is 0.0271. The maximum absolute atomic E-state index is 12.8. The number of hydrogen-bond donors (Lipinski definition) is 0. The molecule has 2 fully saturated rings. The van der Waals surface area contributed by atoms with Crippen LogP contribution < -0.4 is 4.74 Å². The number of piperazine rings is 1. The Morgan fingerprint density at radius 3 is 2.28 bits per heavy atom. The van der Waals surface area contributed by atoms with Gasteiger partial charge in [0.05, 0.1) is 11.5 Å². The zero-order chi connectivity index (χ0) is 20.3. The van der Waals surface area contributed by atoms with Gasteiger partial charge in [0, 0.05) is 37.8 Å². The summed E-state index contributed by atoms with van der Waals surface area (Å²) in [5, 5.41) is 0. The van der Waals surface area contributed by atoms with Crippen molar-refractivity contribution in [2.24, 2.45) is 0 Å². The molecule has 1 amide bonds. The third kappa shape index (κ3) is 4.97. The number of carbonyl (C=O) groups is 1. The van der Waals surface area contributed by atoms with Crippen molar-refractivity contribution in [3.63, 3.8) is 0 Å². The van der Waals surface area contributed by atoms with Crippen molar-refractivity contribution in [1.29, 1.82) is 0 Å². The predicted octanol–water partition coefficient (Wildman–Crippen LogP) is 2.21. The van der Waals surface area contributed by atoms with E-state index in [-0.39, 0.29) is 23.5 Å². The average molecular weight is 415 g/mol. The summed E-state index contributed by atoms with van der Waals surface area (Å²) in [4.78, 5) is 16.9. The summed E-state index contributed by atoms with van der Waals surface area (Å²) < 4.78 is 29.1. The molecule has 0 saturated carbocycles. The smallest absolute Gasteiger partial charge is 0.253 e. The van der Waals surface area contributed by atoms with Crippen LogP contribution in [0.15, 0.2) is 54.6 Å². The largest absolute Gasteiger partial charge is 0.489 e. The molecule has 2 saturated heterocycles. The number of benzene rings is 2. The zero-order valence-corrected chi connectivity index (χ0v) is 17.2. The van der Waals surface area contributed by atoms with E-state index in [0.29, 0.717) is 31.7 Å². The van der Waals surface area contributed by atoms with Crippen LogP contribution in [-0.4, -0.2) is 67.9 Å². The topological polar surface area (TPSA) is 66.9 Å². The standard InChI is InChI=1S/C22H26N2O4S/c25-22(24-13-11-23(12-14-24)20-10-15-29(26,27)17-20)19-8-6-18(7-9-19)16-28-21-4-2-1-3-5-21/h1-9,20H,10-17H2. The lowest BCUT2D eigenvalue weighted by Gasteiger charge is -2.37. The summed E-state index contributed by atoms with van der Waals surface area (Å²) in [5.41, 5.74) is 1.68. The van der Waals surface area contributed by atoms with E-state index in [2.05, 4.69) is 4.90 Å². The van der Waals surface area contributed by atoms with Gasteiger partial charge >= 0.3 is 0 Å². The molecule has 7 heteroatoms. The molecule has 2 aromatic rings.